The van der Waals surface area contributed by atoms with Crippen LogP contribution in [0.3, 0.4) is 0 Å². The molecule has 0 bridgehead atoms. The molecule has 0 unspecified atom stereocenters. The first-order chi connectivity index (χ1) is 10.2. The first-order valence-corrected chi connectivity index (χ1v) is 7.18. The third kappa shape index (κ3) is 4.32. The van der Waals surface area contributed by atoms with Gasteiger partial charge in [0.05, 0.1) is 0 Å². The molecule has 0 saturated heterocycles. The van der Waals surface area contributed by atoms with E-state index < -0.39 is 5.97 Å². The lowest BCUT2D eigenvalue weighted by molar-refractivity contribution is -0.132. The van der Waals surface area contributed by atoms with Crippen LogP contribution >= 0.6 is 0 Å². The van der Waals surface area contributed by atoms with Gasteiger partial charge in [-0.1, -0.05) is 66.7 Å². The van der Waals surface area contributed by atoms with Crippen molar-refractivity contribution in [1.29, 1.82) is 0 Å². The molecule has 0 saturated carbocycles. The summed E-state index contributed by atoms with van der Waals surface area (Å²) in [5, 5.41) is 8.91. The molecule has 2 nitrogen and oxygen atoms in total. The zero-order valence-corrected chi connectivity index (χ0v) is 12.2. The van der Waals surface area contributed by atoms with Crippen molar-refractivity contribution in [3.63, 3.8) is 0 Å². The maximum atomic E-state index is 10.8. The molecule has 0 heterocycles. The number of hydrogen-bond acceptors (Lipinski definition) is 1. The lowest BCUT2D eigenvalue weighted by atomic mass is 9.87. The van der Waals surface area contributed by atoms with Crippen molar-refractivity contribution in [2.45, 2.75) is 25.7 Å². The molecule has 108 valence electrons. The summed E-state index contributed by atoms with van der Waals surface area (Å²) in [4.78, 5) is 10.8. The molecule has 1 N–H and O–H groups in total. The van der Waals surface area contributed by atoms with Crippen LogP contribution in [0.1, 0.15) is 36.8 Å². The van der Waals surface area contributed by atoms with Gasteiger partial charge in [-0.05, 0) is 30.9 Å². The summed E-state index contributed by atoms with van der Waals surface area (Å²) in [6.45, 7) is 1.64. The van der Waals surface area contributed by atoms with Crippen LogP contribution in [-0.2, 0) is 4.79 Å². The highest BCUT2D eigenvalue weighted by atomic mass is 16.4. The second-order valence-electron chi connectivity index (χ2n) is 5.14. The summed E-state index contributed by atoms with van der Waals surface area (Å²) >= 11 is 0. The van der Waals surface area contributed by atoms with E-state index in [1.165, 1.54) is 11.1 Å². The van der Waals surface area contributed by atoms with E-state index in [4.69, 9.17) is 5.11 Å². The minimum absolute atomic E-state index is 0.297. The van der Waals surface area contributed by atoms with Gasteiger partial charge in [-0.3, -0.25) is 0 Å². The Balaban J connectivity index is 2.18. The number of aliphatic carboxylic acids is 1. The SMILES string of the molecule is CC(=CCCC(c1ccccc1)c1ccccc1)C(=O)O. The Labute approximate surface area is 125 Å². The fraction of sp³-hybridized carbons (Fsp3) is 0.211. The fourth-order valence-corrected chi connectivity index (χ4v) is 2.45. The van der Waals surface area contributed by atoms with Crippen molar-refractivity contribution in [3.8, 4) is 0 Å². The maximum Gasteiger partial charge on any atom is 0.330 e. The third-order valence-corrected chi connectivity index (χ3v) is 3.65. The van der Waals surface area contributed by atoms with Crippen LogP contribution in [0, 0.1) is 0 Å². The van der Waals surface area contributed by atoms with Crippen LogP contribution in [0.4, 0.5) is 0 Å². The van der Waals surface area contributed by atoms with Crippen molar-refractivity contribution < 1.29 is 9.90 Å². The third-order valence-electron chi connectivity index (χ3n) is 3.65. The van der Waals surface area contributed by atoms with Crippen LogP contribution in [0.2, 0.25) is 0 Å². The molecule has 2 aromatic carbocycles. The second kappa shape index (κ2) is 7.44. The summed E-state index contributed by atoms with van der Waals surface area (Å²) in [6.07, 6.45) is 3.46. The summed E-state index contributed by atoms with van der Waals surface area (Å²) in [7, 11) is 0. The number of carboxylic acid groups (broad SMARTS) is 1. The first-order valence-electron chi connectivity index (χ1n) is 7.18. The molecule has 0 spiro atoms. The standard InChI is InChI=1S/C19H20O2/c1-15(19(20)21)9-8-14-18(16-10-4-2-5-11-16)17-12-6-3-7-13-17/h2-7,9-13,18H,8,14H2,1H3,(H,20,21). The summed E-state index contributed by atoms with van der Waals surface area (Å²) in [6, 6.07) is 20.7. The molecule has 0 fully saturated rings. The number of rotatable bonds is 6. The Morgan fingerprint density at radius 2 is 1.48 bits per heavy atom. The van der Waals surface area contributed by atoms with Crippen molar-refractivity contribution in [2.75, 3.05) is 0 Å². The minimum Gasteiger partial charge on any atom is -0.478 e. The Morgan fingerprint density at radius 3 is 1.90 bits per heavy atom. The molecular weight excluding hydrogens is 260 g/mol. The lowest BCUT2D eigenvalue weighted by Gasteiger charge is -2.17. The number of hydrogen-bond donors (Lipinski definition) is 1. The first kappa shape index (κ1) is 15.0. The van der Waals surface area contributed by atoms with Crippen molar-refractivity contribution in [1.82, 2.24) is 0 Å². The van der Waals surface area contributed by atoms with Gasteiger partial charge < -0.3 is 5.11 Å². The molecular formula is C19H20O2. The van der Waals surface area contributed by atoms with Gasteiger partial charge in [0.2, 0.25) is 0 Å². The van der Waals surface area contributed by atoms with Crippen LogP contribution in [0.5, 0.6) is 0 Å². The Bertz CT molecular complexity index is 560. The molecule has 21 heavy (non-hydrogen) atoms. The van der Waals surface area contributed by atoms with E-state index in [0.717, 1.165) is 12.8 Å². The molecule has 0 aromatic heterocycles. The molecule has 0 aliphatic rings. The maximum absolute atomic E-state index is 10.8. The van der Waals surface area contributed by atoms with E-state index >= 15 is 0 Å². The quantitative estimate of drug-likeness (QED) is 0.783. The minimum atomic E-state index is -0.842. The van der Waals surface area contributed by atoms with Gasteiger partial charge in [0.15, 0.2) is 0 Å². The topological polar surface area (TPSA) is 37.3 Å². The molecule has 0 atom stereocenters. The van der Waals surface area contributed by atoms with Crippen LogP contribution in [-0.4, -0.2) is 11.1 Å². The van der Waals surface area contributed by atoms with Gasteiger partial charge in [-0.25, -0.2) is 4.79 Å². The monoisotopic (exact) mass is 280 g/mol. The zero-order valence-electron chi connectivity index (χ0n) is 12.2. The second-order valence-corrected chi connectivity index (χ2v) is 5.14. The van der Waals surface area contributed by atoms with Gasteiger partial charge >= 0.3 is 5.97 Å². The average molecular weight is 280 g/mol. The zero-order chi connectivity index (χ0) is 15.1. The van der Waals surface area contributed by atoms with E-state index in [1.54, 1.807) is 13.0 Å². The Morgan fingerprint density at radius 1 is 1.00 bits per heavy atom. The van der Waals surface area contributed by atoms with E-state index in [2.05, 4.69) is 24.3 Å². The molecule has 0 aliphatic heterocycles. The highest BCUT2D eigenvalue weighted by Crippen LogP contribution is 2.29. The largest absolute Gasteiger partial charge is 0.478 e. The predicted molar refractivity (Wildman–Crippen MR) is 85.4 cm³/mol. The van der Waals surface area contributed by atoms with E-state index in [1.807, 2.05) is 36.4 Å². The number of benzene rings is 2. The number of carboxylic acids is 1. The Kier molecular flexibility index (Phi) is 5.33. The van der Waals surface area contributed by atoms with E-state index in [0.29, 0.717) is 11.5 Å². The normalized spacial score (nSPS) is 11.6. The van der Waals surface area contributed by atoms with Crippen LogP contribution in [0.15, 0.2) is 72.3 Å². The smallest absolute Gasteiger partial charge is 0.330 e. The molecule has 0 aliphatic carbocycles. The summed E-state index contributed by atoms with van der Waals surface area (Å²) < 4.78 is 0. The lowest BCUT2D eigenvalue weighted by Crippen LogP contribution is -2.01. The van der Waals surface area contributed by atoms with E-state index in [-0.39, 0.29) is 0 Å². The van der Waals surface area contributed by atoms with E-state index in [9.17, 15) is 4.79 Å². The van der Waals surface area contributed by atoms with Gasteiger partial charge in [0, 0.05) is 11.5 Å². The van der Waals surface area contributed by atoms with Gasteiger partial charge in [0.1, 0.15) is 0 Å². The summed E-state index contributed by atoms with van der Waals surface area (Å²) in [5.74, 6) is -0.545. The highest BCUT2D eigenvalue weighted by molar-refractivity contribution is 5.85. The fourth-order valence-electron chi connectivity index (χ4n) is 2.45. The molecule has 0 amide bonds. The van der Waals surface area contributed by atoms with Crippen molar-refractivity contribution >= 4 is 5.97 Å². The molecule has 2 aromatic rings. The van der Waals surface area contributed by atoms with Crippen LogP contribution in [0.25, 0.3) is 0 Å². The number of carbonyl (C=O) groups is 1. The number of allylic oxidation sites excluding steroid dienone is 1. The van der Waals surface area contributed by atoms with Gasteiger partial charge in [-0.15, -0.1) is 0 Å². The molecule has 2 rings (SSSR count). The molecule has 0 radical (unpaired) electrons. The average Bonchev–Trinajstić information content (AvgIpc) is 2.53. The van der Waals surface area contributed by atoms with Gasteiger partial charge in [0.25, 0.3) is 0 Å². The van der Waals surface area contributed by atoms with Crippen molar-refractivity contribution in [2.24, 2.45) is 0 Å². The van der Waals surface area contributed by atoms with Crippen molar-refractivity contribution in [3.05, 3.63) is 83.4 Å². The Hall–Kier alpha value is -2.35. The molecule has 2 heteroatoms. The van der Waals surface area contributed by atoms with Gasteiger partial charge in [-0.2, -0.15) is 0 Å². The predicted octanol–water partition coefficient (Wildman–Crippen LogP) is 4.63. The highest BCUT2D eigenvalue weighted by Gasteiger charge is 2.13. The van der Waals surface area contributed by atoms with Crippen LogP contribution < -0.4 is 0 Å². The summed E-state index contributed by atoms with van der Waals surface area (Å²) in [5.41, 5.74) is 2.95.